The lowest BCUT2D eigenvalue weighted by molar-refractivity contribution is 0.0913. The first-order chi connectivity index (χ1) is 8.25. The molecule has 3 N–H and O–H groups in total. The third kappa shape index (κ3) is 4.82. The minimum Gasteiger partial charge on any atom is -0.397 e. The monoisotopic (exact) mass is 237 g/mol. The van der Waals surface area contributed by atoms with Crippen molar-refractivity contribution in [3.8, 4) is 0 Å². The Morgan fingerprint density at radius 2 is 2.35 bits per heavy atom. The van der Waals surface area contributed by atoms with E-state index in [0.717, 1.165) is 19.4 Å². The molecule has 5 heteroatoms. The summed E-state index contributed by atoms with van der Waals surface area (Å²) in [5, 5.41) is 2.74. The van der Waals surface area contributed by atoms with E-state index in [-0.39, 0.29) is 5.91 Å². The van der Waals surface area contributed by atoms with Crippen LogP contribution in [0.5, 0.6) is 0 Å². The molecule has 0 saturated carbocycles. The summed E-state index contributed by atoms with van der Waals surface area (Å²) >= 11 is 0. The number of aromatic nitrogens is 1. The highest BCUT2D eigenvalue weighted by atomic mass is 16.5. The van der Waals surface area contributed by atoms with E-state index in [4.69, 9.17) is 10.5 Å². The van der Waals surface area contributed by atoms with E-state index < -0.39 is 0 Å². The third-order valence-corrected chi connectivity index (χ3v) is 2.27. The van der Waals surface area contributed by atoms with Crippen LogP contribution in [0.4, 0.5) is 5.69 Å². The largest absolute Gasteiger partial charge is 0.397 e. The lowest BCUT2D eigenvalue weighted by Crippen LogP contribution is -2.28. The molecule has 1 heterocycles. The average Bonchev–Trinajstić information content (AvgIpc) is 2.34. The zero-order chi connectivity index (χ0) is 12.5. The molecule has 0 aliphatic heterocycles. The molecule has 0 saturated heterocycles. The average molecular weight is 237 g/mol. The highest BCUT2D eigenvalue weighted by Gasteiger charge is 2.07. The number of ether oxygens (including phenoxy) is 1. The highest BCUT2D eigenvalue weighted by Crippen LogP contribution is 2.07. The molecule has 0 aliphatic carbocycles. The summed E-state index contributed by atoms with van der Waals surface area (Å²) in [5.74, 6) is -0.191. The van der Waals surface area contributed by atoms with Crippen LogP contribution in [0.2, 0.25) is 0 Å². The molecule has 0 radical (unpaired) electrons. The molecule has 5 nitrogen and oxygen atoms in total. The van der Waals surface area contributed by atoms with E-state index >= 15 is 0 Å². The van der Waals surface area contributed by atoms with Crippen LogP contribution in [-0.2, 0) is 4.74 Å². The number of rotatable bonds is 7. The van der Waals surface area contributed by atoms with Crippen molar-refractivity contribution in [3.05, 3.63) is 24.0 Å². The number of anilines is 1. The molecule has 0 unspecified atom stereocenters. The number of nitrogens with zero attached hydrogens (tertiary/aromatic N) is 1. The number of pyridine rings is 1. The molecular weight excluding hydrogens is 218 g/mol. The van der Waals surface area contributed by atoms with E-state index in [1.54, 1.807) is 12.3 Å². The molecule has 1 aromatic rings. The molecule has 0 aliphatic rings. The number of amides is 1. The second-order valence-electron chi connectivity index (χ2n) is 3.68. The van der Waals surface area contributed by atoms with Crippen LogP contribution in [0, 0.1) is 0 Å². The van der Waals surface area contributed by atoms with Gasteiger partial charge in [-0.3, -0.25) is 9.78 Å². The van der Waals surface area contributed by atoms with Gasteiger partial charge < -0.3 is 15.8 Å². The minimum atomic E-state index is -0.191. The molecule has 0 bridgehead atoms. The van der Waals surface area contributed by atoms with Crippen molar-refractivity contribution in [2.24, 2.45) is 0 Å². The molecule has 94 valence electrons. The van der Waals surface area contributed by atoms with Crippen LogP contribution < -0.4 is 11.1 Å². The highest BCUT2D eigenvalue weighted by molar-refractivity contribution is 5.98. The zero-order valence-corrected chi connectivity index (χ0v) is 10.1. The van der Waals surface area contributed by atoms with Crippen LogP contribution in [0.1, 0.15) is 30.1 Å². The van der Waals surface area contributed by atoms with Gasteiger partial charge in [0, 0.05) is 19.3 Å². The summed E-state index contributed by atoms with van der Waals surface area (Å²) in [6.07, 6.45) is 5.17. The Bertz CT molecular complexity index is 355. The first-order valence-electron chi connectivity index (χ1n) is 5.81. The Labute approximate surface area is 101 Å². The van der Waals surface area contributed by atoms with Crippen molar-refractivity contribution >= 4 is 11.6 Å². The number of unbranched alkanes of at least 4 members (excludes halogenated alkanes) is 1. The SMILES string of the molecule is CCCCOCCNC(=O)c1ccncc1N. The van der Waals surface area contributed by atoms with E-state index in [1.807, 2.05) is 0 Å². The summed E-state index contributed by atoms with van der Waals surface area (Å²) < 4.78 is 5.33. The molecule has 1 rings (SSSR count). The van der Waals surface area contributed by atoms with E-state index in [1.165, 1.54) is 6.20 Å². The Hall–Kier alpha value is -1.62. The topological polar surface area (TPSA) is 77.2 Å². The summed E-state index contributed by atoms with van der Waals surface area (Å²) in [5.41, 5.74) is 6.48. The van der Waals surface area contributed by atoms with E-state index in [0.29, 0.717) is 24.4 Å². The molecule has 0 aromatic carbocycles. The van der Waals surface area contributed by atoms with Gasteiger partial charge in [-0.05, 0) is 12.5 Å². The van der Waals surface area contributed by atoms with Gasteiger partial charge in [-0.15, -0.1) is 0 Å². The fraction of sp³-hybridized carbons (Fsp3) is 0.500. The minimum absolute atomic E-state index is 0.191. The van der Waals surface area contributed by atoms with Crippen LogP contribution in [0.25, 0.3) is 0 Å². The zero-order valence-electron chi connectivity index (χ0n) is 10.1. The van der Waals surface area contributed by atoms with Gasteiger partial charge in [0.05, 0.1) is 24.1 Å². The lowest BCUT2D eigenvalue weighted by Gasteiger charge is -2.07. The van der Waals surface area contributed by atoms with Crippen molar-refractivity contribution in [1.29, 1.82) is 0 Å². The third-order valence-electron chi connectivity index (χ3n) is 2.27. The van der Waals surface area contributed by atoms with Crippen LogP contribution >= 0.6 is 0 Å². The molecule has 0 fully saturated rings. The number of nitrogen functional groups attached to an aromatic ring is 1. The van der Waals surface area contributed by atoms with Gasteiger partial charge in [0.2, 0.25) is 0 Å². The quantitative estimate of drug-likeness (QED) is 0.699. The second kappa shape index (κ2) is 7.62. The maximum absolute atomic E-state index is 11.7. The molecular formula is C12H19N3O2. The normalized spacial score (nSPS) is 10.2. The predicted octanol–water partition coefficient (Wildman–Crippen LogP) is 1.21. The number of carbonyl (C=O) groups is 1. The van der Waals surface area contributed by atoms with Gasteiger partial charge in [0.25, 0.3) is 5.91 Å². The molecule has 17 heavy (non-hydrogen) atoms. The van der Waals surface area contributed by atoms with Crippen LogP contribution in [0.15, 0.2) is 18.5 Å². The summed E-state index contributed by atoms with van der Waals surface area (Å²) in [7, 11) is 0. The Morgan fingerprint density at radius 1 is 1.53 bits per heavy atom. The molecule has 0 spiro atoms. The molecule has 0 atom stereocenters. The maximum Gasteiger partial charge on any atom is 0.253 e. The van der Waals surface area contributed by atoms with Gasteiger partial charge in [0.1, 0.15) is 0 Å². The van der Waals surface area contributed by atoms with Crippen molar-refractivity contribution in [1.82, 2.24) is 10.3 Å². The Balaban J connectivity index is 2.24. The maximum atomic E-state index is 11.7. The molecule has 1 aromatic heterocycles. The van der Waals surface area contributed by atoms with Crippen molar-refractivity contribution in [2.45, 2.75) is 19.8 Å². The first-order valence-corrected chi connectivity index (χ1v) is 5.81. The van der Waals surface area contributed by atoms with Gasteiger partial charge in [0.15, 0.2) is 0 Å². The van der Waals surface area contributed by atoms with Gasteiger partial charge in [-0.25, -0.2) is 0 Å². The van der Waals surface area contributed by atoms with Gasteiger partial charge >= 0.3 is 0 Å². The van der Waals surface area contributed by atoms with E-state index in [9.17, 15) is 4.79 Å². The smallest absolute Gasteiger partial charge is 0.253 e. The standard InChI is InChI=1S/C12H19N3O2/c1-2-3-7-17-8-6-15-12(16)10-4-5-14-9-11(10)13/h4-5,9H,2-3,6-8,13H2,1H3,(H,15,16). The fourth-order valence-electron chi connectivity index (χ4n) is 1.29. The summed E-state index contributed by atoms with van der Waals surface area (Å²) in [6.45, 7) is 3.86. The number of carbonyl (C=O) groups excluding carboxylic acids is 1. The Kier molecular flexibility index (Phi) is 6.03. The number of nitrogens with one attached hydrogen (secondary N) is 1. The van der Waals surface area contributed by atoms with Crippen molar-refractivity contribution in [2.75, 3.05) is 25.5 Å². The fourth-order valence-corrected chi connectivity index (χ4v) is 1.29. The summed E-state index contributed by atoms with van der Waals surface area (Å²) in [6, 6.07) is 1.60. The number of hydrogen-bond acceptors (Lipinski definition) is 4. The van der Waals surface area contributed by atoms with Crippen molar-refractivity contribution < 1.29 is 9.53 Å². The lowest BCUT2D eigenvalue weighted by atomic mass is 10.2. The van der Waals surface area contributed by atoms with Gasteiger partial charge in [-0.2, -0.15) is 0 Å². The number of nitrogens with two attached hydrogens (primary N) is 1. The van der Waals surface area contributed by atoms with Crippen molar-refractivity contribution in [3.63, 3.8) is 0 Å². The summed E-state index contributed by atoms with van der Waals surface area (Å²) in [4.78, 5) is 15.5. The predicted molar refractivity (Wildman–Crippen MR) is 66.7 cm³/mol. The van der Waals surface area contributed by atoms with E-state index in [2.05, 4.69) is 17.2 Å². The molecule has 1 amide bonds. The van der Waals surface area contributed by atoms with Gasteiger partial charge in [-0.1, -0.05) is 13.3 Å². The van der Waals surface area contributed by atoms with Crippen LogP contribution in [-0.4, -0.2) is 30.6 Å². The number of hydrogen-bond donors (Lipinski definition) is 2. The first kappa shape index (κ1) is 13.4. The van der Waals surface area contributed by atoms with Crippen LogP contribution in [0.3, 0.4) is 0 Å². The Morgan fingerprint density at radius 3 is 3.06 bits per heavy atom. The second-order valence-corrected chi connectivity index (χ2v) is 3.68.